The Bertz CT molecular complexity index is 748. The van der Waals surface area contributed by atoms with Crippen LogP contribution in [0, 0.1) is 12.8 Å². The minimum atomic E-state index is -0.471. The van der Waals surface area contributed by atoms with Crippen molar-refractivity contribution in [1.29, 1.82) is 0 Å². The maximum atomic E-state index is 12.0. The van der Waals surface area contributed by atoms with E-state index in [9.17, 15) is 4.79 Å². The zero-order valence-electron chi connectivity index (χ0n) is 14.6. The van der Waals surface area contributed by atoms with Gasteiger partial charge in [0.2, 0.25) is 5.88 Å². The standard InChI is InChI=1S/C18H21N3O4/c1-4-24-18(22)15-9-19-11(2)21-17(15)25-10-12-7-14(12)16-6-5-13(23-3)8-20-16/h5-6,8-9,12,14H,4,7,10H2,1-3H3/t12-,14+/m1/s1. The molecule has 1 aliphatic rings. The second-order valence-electron chi connectivity index (χ2n) is 5.89. The summed E-state index contributed by atoms with van der Waals surface area (Å²) in [6, 6.07) is 3.88. The second-order valence-corrected chi connectivity index (χ2v) is 5.89. The molecule has 2 aromatic heterocycles. The number of nitrogens with zero attached hydrogens (tertiary/aromatic N) is 3. The summed E-state index contributed by atoms with van der Waals surface area (Å²) in [5, 5.41) is 0. The zero-order chi connectivity index (χ0) is 17.8. The summed E-state index contributed by atoms with van der Waals surface area (Å²) < 4.78 is 15.9. The molecule has 1 aliphatic carbocycles. The molecule has 0 unspecified atom stereocenters. The highest BCUT2D eigenvalue weighted by molar-refractivity contribution is 5.91. The van der Waals surface area contributed by atoms with Gasteiger partial charge in [-0.25, -0.2) is 9.78 Å². The van der Waals surface area contributed by atoms with E-state index in [-0.39, 0.29) is 11.4 Å². The highest BCUT2D eigenvalue weighted by atomic mass is 16.5. The number of methoxy groups -OCH3 is 1. The normalized spacial score (nSPS) is 18.5. The van der Waals surface area contributed by atoms with Crippen LogP contribution in [0.3, 0.4) is 0 Å². The van der Waals surface area contributed by atoms with Gasteiger partial charge in [0.15, 0.2) is 0 Å². The Morgan fingerprint density at radius 3 is 2.80 bits per heavy atom. The molecule has 2 heterocycles. The van der Waals surface area contributed by atoms with Crippen molar-refractivity contribution in [2.75, 3.05) is 20.3 Å². The average molecular weight is 343 g/mol. The van der Waals surface area contributed by atoms with Crippen molar-refractivity contribution in [1.82, 2.24) is 15.0 Å². The van der Waals surface area contributed by atoms with Gasteiger partial charge in [-0.3, -0.25) is 4.98 Å². The van der Waals surface area contributed by atoms with E-state index in [1.807, 2.05) is 12.1 Å². The average Bonchev–Trinajstić information content (AvgIpc) is 3.40. The first kappa shape index (κ1) is 17.1. The van der Waals surface area contributed by atoms with Crippen molar-refractivity contribution in [2.24, 2.45) is 5.92 Å². The Morgan fingerprint density at radius 2 is 2.12 bits per heavy atom. The Morgan fingerprint density at radius 1 is 1.28 bits per heavy atom. The molecule has 1 saturated carbocycles. The van der Waals surface area contributed by atoms with Crippen LogP contribution in [0.25, 0.3) is 0 Å². The summed E-state index contributed by atoms with van der Waals surface area (Å²) in [5.74, 6) is 1.81. The van der Waals surface area contributed by atoms with Gasteiger partial charge in [0.25, 0.3) is 0 Å². The molecular formula is C18H21N3O4. The van der Waals surface area contributed by atoms with Crippen LogP contribution in [-0.2, 0) is 4.74 Å². The van der Waals surface area contributed by atoms with Crippen LogP contribution in [0.1, 0.15) is 41.1 Å². The van der Waals surface area contributed by atoms with Gasteiger partial charge in [0.05, 0.1) is 26.5 Å². The van der Waals surface area contributed by atoms with Gasteiger partial charge >= 0.3 is 5.97 Å². The Kier molecular flexibility index (Phi) is 5.11. The number of hydrogen-bond acceptors (Lipinski definition) is 7. The summed E-state index contributed by atoms with van der Waals surface area (Å²) in [4.78, 5) is 24.7. The largest absolute Gasteiger partial charge is 0.495 e. The molecule has 132 valence electrons. The SMILES string of the molecule is CCOC(=O)c1cnc(C)nc1OC[C@H]1C[C@@H]1c1ccc(OC)cn1. The van der Waals surface area contributed by atoms with Gasteiger partial charge in [-0.1, -0.05) is 0 Å². The molecule has 25 heavy (non-hydrogen) atoms. The van der Waals surface area contributed by atoms with E-state index in [2.05, 4.69) is 15.0 Å². The lowest BCUT2D eigenvalue weighted by atomic mass is 10.2. The number of pyridine rings is 1. The molecule has 0 aliphatic heterocycles. The first-order valence-corrected chi connectivity index (χ1v) is 8.25. The summed E-state index contributed by atoms with van der Waals surface area (Å²) in [6.45, 7) is 4.27. The molecule has 0 amide bonds. The smallest absolute Gasteiger partial charge is 0.345 e. The van der Waals surface area contributed by atoms with E-state index in [1.54, 1.807) is 27.2 Å². The summed E-state index contributed by atoms with van der Waals surface area (Å²) in [5.41, 5.74) is 1.28. The molecular weight excluding hydrogens is 322 g/mol. The molecule has 7 nitrogen and oxygen atoms in total. The van der Waals surface area contributed by atoms with Crippen LogP contribution in [0.2, 0.25) is 0 Å². The molecule has 7 heteroatoms. The van der Waals surface area contributed by atoms with Crippen LogP contribution in [0.4, 0.5) is 0 Å². The van der Waals surface area contributed by atoms with E-state index >= 15 is 0 Å². The third-order valence-electron chi connectivity index (χ3n) is 4.10. The van der Waals surface area contributed by atoms with E-state index in [0.717, 1.165) is 17.9 Å². The molecule has 1 fully saturated rings. The number of esters is 1. The highest BCUT2D eigenvalue weighted by Gasteiger charge is 2.40. The number of carbonyl (C=O) groups excluding carboxylic acids is 1. The van der Waals surface area contributed by atoms with Gasteiger partial charge in [-0.15, -0.1) is 0 Å². The van der Waals surface area contributed by atoms with Crippen LogP contribution in [0.15, 0.2) is 24.5 Å². The second kappa shape index (κ2) is 7.46. The van der Waals surface area contributed by atoms with Gasteiger partial charge in [0, 0.05) is 23.7 Å². The first-order chi connectivity index (χ1) is 12.1. The fraction of sp³-hybridized carbons (Fsp3) is 0.444. The van der Waals surface area contributed by atoms with E-state index in [0.29, 0.717) is 30.9 Å². The van der Waals surface area contributed by atoms with Crippen LogP contribution >= 0.6 is 0 Å². The van der Waals surface area contributed by atoms with Gasteiger partial charge in [-0.05, 0) is 32.4 Å². The third-order valence-corrected chi connectivity index (χ3v) is 4.10. The van der Waals surface area contributed by atoms with Crippen molar-refractivity contribution >= 4 is 5.97 Å². The number of hydrogen-bond donors (Lipinski definition) is 0. The van der Waals surface area contributed by atoms with Crippen molar-refractivity contribution in [3.05, 3.63) is 41.6 Å². The topological polar surface area (TPSA) is 83.4 Å². The molecule has 0 radical (unpaired) electrons. The maximum absolute atomic E-state index is 12.0. The monoisotopic (exact) mass is 343 g/mol. The summed E-state index contributed by atoms with van der Waals surface area (Å²) in [6.07, 6.45) is 4.17. The number of aromatic nitrogens is 3. The molecule has 0 N–H and O–H groups in total. The van der Waals surface area contributed by atoms with Crippen molar-refractivity contribution in [2.45, 2.75) is 26.2 Å². The fourth-order valence-electron chi connectivity index (χ4n) is 2.62. The van der Waals surface area contributed by atoms with Gasteiger partial charge < -0.3 is 14.2 Å². The third kappa shape index (κ3) is 4.04. The first-order valence-electron chi connectivity index (χ1n) is 8.25. The molecule has 0 saturated heterocycles. The summed E-state index contributed by atoms with van der Waals surface area (Å²) >= 11 is 0. The number of carbonyl (C=O) groups is 1. The lowest BCUT2D eigenvalue weighted by molar-refractivity contribution is 0.0519. The molecule has 0 spiro atoms. The van der Waals surface area contributed by atoms with Crippen LogP contribution < -0.4 is 9.47 Å². The van der Waals surface area contributed by atoms with E-state index in [4.69, 9.17) is 14.2 Å². The van der Waals surface area contributed by atoms with Gasteiger partial charge in [-0.2, -0.15) is 4.98 Å². The van der Waals surface area contributed by atoms with Crippen molar-refractivity contribution in [3.63, 3.8) is 0 Å². The Hall–Kier alpha value is -2.70. The van der Waals surface area contributed by atoms with Gasteiger partial charge in [0.1, 0.15) is 17.1 Å². The van der Waals surface area contributed by atoms with Crippen LogP contribution in [0.5, 0.6) is 11.6 Å². The van der Waals surface area contributed by atoms with Crippen LogP contribution in [-0.4, -0.2) is 41.2 Å². The lowest BCUT2D eigenvalue weighted by Crippen LogP contribution is -2.12. The summed E-state index contributed by atoms with van der Waals surface area (Å²) in [7, 11) is 1.62. The molecule has 0 bridgehead atoms. The number of rotatable bonds is 7. The minimum absolute atomic E-state index is 0.257. The molecule has 2 atom stereocenters. The van der Waals surface area contributed by atoms with E-state index in [1.165, 1.54) is 6.20 Å². The predicted molar refractivity (Wildman–Crippen MR) is 89.9 cm³/mol. The maximum Gasteiger partial charge on any atom is 0.345 e. The predicted octanol–water partition coefficient (Wildman–Crippen LogP) is 2.55. The van der Waals surface area contributed by atoms with E-state index < -0.39 is 5.97 Å². The number of ether oxygens (including phenoxy) is 3. The Labute approximate surface area is 146 Å². The Balaban J connectivity index is 1.62. The highest BCUT2D eigenvalue weighted by Crippen LogP contribution is 2.46. The zero-order valence-corrected chi connectivity index (χ0v) is 14.6. The molecule has 0 aromatic carbocycles. The van der Waals surface area contributed by atoms with Crippen molar-refractivity contribution in [3.8, 4) is 11.6 Å². The number of aryl methyl sites for hydroxylation is 1. The van der Waals surface area contributed by atoms with Crippen molar-refractivity contribution < 1.29 is 19.0 Å². The molecule has 3 rings (SSSR count). The molecule has 2 aromatic rings. The lowest BCUT2D eigenvalue weighted by Gasteiger charge is -2.10. The minimum Gasteiger partial charge on any atom is -0.495 e. The fourth-order valence-corrected chi connectivity index (χ4v) is 2.62. The quantitative estimate of drug-likeness (QED) is 0.714.